The van der Waals surface area contributed by atoms with Crippen LogP contribution in [0.2, 0.25) is 0 Å². The van der Waals surface area contributed by atoms with Crippen LogP contribution in [0.15, 0.2) is 53.7 Å². The Bertz CT molecular complexity index is 1180. The van der Waals surface area contributed by atoms with Crippen LogP contribution in [0.4, 0.5) is 5.69 Å². The molecule has 0 N–H and O–H groups in total. The number of hydrogen-bond acceptors (Lipinski definition) is 7. The molecule has 0 saturated carbocycles. The fourth-order valence-electron chi connectivity index (χ4n) is 2.58. The second kappa shape index (κ2) is 6.42. The normalized spacial score (nSPS) is 10.9. The first-order valence-electron chi connectivity index (χ1n) is 7.57. The van der Waals surface area contributed by atoms with Gasteiger partial charge in [-0.2, -0.15) is 9.78 Å². The van der Waals surface area contributed by atoms with Gasteiger partial charge in [0.1, 0.15) is 0 Å². The van der Waals surface area contributed by atoms with E-state index in [1.165, 1.54) is 23.9 Å². The second-order valence-corrected chi connectivity index (χ2v) is 6.28. The van der Waals surface area contributed by atoms with Gasteiger partial charge in [0, 0.05) is 23.1 Å². The molecule has 8 nitrogen and oxygen atoms in total. The van der Waals surface area contributed by atoms with E-state index in [9.17, 15) is 10.1 Å². The topological polar surface area (TPSA) is 110 Å². The highest BCUT2D eigenvalue weighted by molar-refractivity contribution is 7.99. The van der Waals surface area contributed by atoms with Crippen molar-refractivity contribution in [1.29, 1.82) is 5.26 Å². The molecule has 2 aromatic carbocycles. The first-order valence-corrected chi connectivity index (χ1v) is 8.56. The Morgan fingerprint density at radius 3 is 2.65 bits per heavy atom. The molecule has 0 amide bonds. The molecular weight excluding hydrogens is 352 g/mol. The Morgan fingerprint density at radius 1 is 1.15 bits per heavy atom. The number of nitro groups is 1. The largest absolute Gasteiger partial charge is 0.269 e. The van der Waals surface area contributed by atoms with Crippen molar-refractivity contribution in [2.75, 3.05) is 5.75 Å². The molecule has 0 spiro atoms. The number of fused-ring (bicyclic) bond motifs is 3. The Labute approximate surface area is 151 Å². The summed E-state index contributed by atoms with van der Waals surface area (Å²) in [6.07, 6.45) is 0. The Balaban J connectivity index is 1.91. The monoisotopic (exact) mass is 362 g/mol. The molecule has 4 aromatic rings. The predicted molar refractivity (Wildman–Crippen MR) is 96.7 cm³/mol. The molecule has 2 heterocycles. The Kier molecular flexibility index (Phi) is 3.95. The van der Waals surface area contributed by atoms with Gasteiger partial charge in [0.2, 0.25) is 0 Å². The van der Waals surface area contributed by atoms with E-state index in [4.69, 9.17) is 5.26 Å². The SMILES string of the molecule is N#CCSc1nc2ccccc2c2nc(-c3ccc([N+](=O)[O-])cc3)nn12. The zero-order valence-electron chi connectivity index (χ0n) is 13.2. The average molecular weight is 362 g/mol. The molecule has 0 aliphatic carbocycles. The quantitative estimate of drug-likeness (QED) is 0.236. The van der Waals surface area contributed by atoms with E-state index in [1.807, 2.05) is 24.3 Å². The first kappa shape index (κ1) is 16.0. The third kappa shape index (κ3) is 2.72. The van der Waals surface area contributed by atoms with E-state index < -0.39 is 4.92 Å². The third-order valence-corrected chi connectivity index (χ3v) is 4.55. The Morgan fingerprint density at radius 2 is 1.92 bits per heavy atom. The lowest BCUT2D eigenvalue weighted by molar-refractivity contribution is -0.384. The standard InChI is InChI=1S/C17H10N6O2S/c18-9-10-26-17-19-14-4-2-1-3-13(14)16-20-15(21-22(16)17)11-5-7-12(8-6-11)23(24)25/h1-8H,10H2. The molecule has 0 saturated heterocycles. The van der Waals surface area contributed by atoms with E-state index in [0.717, 1.165) is 10.9 Å². The number of benzene rings is 2. The van der Waals surface area contributed by atoms with Crippen molar-refractivity contribution in [3.05, 3.63) is 58.6 Å². The van der Waals surface area contributed by atoms with Gasteiger partial charge in [0.25, 0.3) is 5.69 Å². The lowest BCUT2D eigenvalue weighted by Gasteiger charge is -2.03. The van der Waals surface area contributed by atoms with E-state index in [0.29, 0.717) is 22.2 Å². The lowest BCUT2D eigenvalue weighted by Crippen LogP contribution is -1.98. The van der Waals surface area contributed by atoms with Crippen molar-refractivity contribution in [2.24, 2.45) is 0 Å². The molecule has 2 aromatic heterocycles. The third-order valence-electron chi connectivity index (χ3n) is 3.75. The van der Waals surface area contributed by atoms with Crippen molar-refractivity contribution >= 4 is 34.0 Å². The molecular formula is C17H10N6O2S. The van der Waals surface area contributed by atoms with E-state index in [-0.39, 0.29) is 11.4 Å². The number of nitro benzene ring substituents is 1. The average Bonchev–Trinajstić information content (AvgIpc) is 3.12. The molecule has 0 radical (unpaired) electrons. The molecule has 0 atom stereocenters. The summed E-state index contributed by atoms with van der Waals surface area (Å²) in [5, 5.41) is 25.6. The summed E-state index contributed by atoms with van der Waals surface area (Å²) >= 11 is 1.28. The molecule has 0 aliphatic rings. The van der Waals surface area contributed by atoms with Gasteiger partial charge >= 0.3 is 0 Å². The summed E-state index contributed by atoms with van der Waals surface area (Å²) in [6, 6.07) is 15.7. The minimum absolute atomic E-state index is 0.00916. The number of nitriles is 1. The minimum Gasteiger partial charge on any atom is -0.258 e. The van der Waals surface area contributed by atoms with E-state index in [2.05, 4.69) is 21.1 Å². The van der Waals surface area contributed by atoms with Crippen LogP contribution < -0.4 is 0 Å². The highest BCUT2D eigenvalue weighted by Crippen LogP contribution is 2.27. The first-order chi connectivity index (χ1) is 12.7. The minimum atomic E-state index is -0.449. The fraction of sp³-hybridized carbons (Fsp3) is 0.0588. The van der Waals surface area contributed by atoms with Gasteiger partial charge in [0.15, 0.2) is 16.6 Å². The summed E-state index contributed by atoms with van der Waals surface area (Å²) in [4.78, 5) is 19.5. The van der Waals surface area contributed by atoms with Crippen molar-refractivity contribution in [3.8, 4) is 17.5 Å². The maximum atomic E-state index is 10.8. The molecule has 9 heteroatoms. The molecule has 0 bridgehead atoms. The van der Waals surface area contributed by atoms with Crippen LogP contribution in [0.3, 0.4) is 0 Å². The number of para-hydroxylation sites is 1. The molecule has 0 unspecified atom stereocenters. The smallest absolute Gasteiger partial charge is 0.258 e. The number of nitrogens with zero attached hydrogens (tertiary/aromatic N) is 6. The number of hydrogen-bond donors (Lipinski definition) is 0. The molecule has 126 valence electrons. The highest BCUT2D eigenvalue weighted by atomic mass is 32.2. The maximum Gasteiger partial charge on any atom is 0.269 e. The van der Waals surface area contributed by atoms with E-state index in [1.54, 1.807) is 16.6 Å². The van der Waals surface area contributed by atoms with Crippen LogP contribution in [0.5, 0.6) is 0 Å². The summed E-state index contributed by atoms with van der Waals surface area (Å²) in [5.74, 6) is 0.685. The molecule has 0 aliphatic heterocycles. The van der Waals surface area contributed by atoms with Crippen LogP contribution in [-0.2, 0) is 0 Å². The van der Waals surface area contributed by atoms with Crippen molar-refractivity contribution in [2.45, 2.75) is 5.16 Å². The van der Waals surface area contributed by atoms with Crippen LogP contribution in [0, 0.1) is 21.4 Å². The molecule has 4 rings (SSSR count). The molecule has 26 heavy (non-hydrogen) atoms. The Hall–Kier alpha value is -3.51. The fourth-order valence-corrected chi connectivity index (χ4v) is 3.18. The maximum absolute atomic E-state index is 10.8. The molecule has 0 fully saturated rings. The van der Waals surface area contributed by atoms with Crippen LogP contribution in [-0.4, -0.2) is 30.3 Å². The second-order valence-electron chi connectivity index (χ2n) is 5.33. The van der Waals surface area contributed by atoms with Gasteiger partial charge in [-0.1, -0.05) is 23.9 Å². The van der Waals surface area contributed by atoms with Gasteiger partial charge in [-0.15, -0.1) is 5.10 Å². The van der Waals surface area contributed by atoms with Crippen LogP contribution >= 0.6 is 11.8 Å². The van der Waals surface area contributed by atoms with Gasteiger partial charge in [0.05, 0.1) is 22.3 Å². The summed E-state index contributed by atoms with van der Waals surface area (Å²) in [6.45, 7) is 0. The number of rotatable bonds is 4. The highest BCUT2D eigenvalue weighted by Gasteiger charge is 2.15. The van der Waals surface area contributed by atoms with Gasteiger partial charge < -0.3 is 0 Å². The summed E-state index contributed by atoms with van der Waals surface area (Å²) in [7, 11) is 0. The number of aromatic nitrogens is 4. The van der Waals surface area contributed by atoms with Gasteiger partial charge in [-0.25, -0.2) is 9.97 Å². The van der Waals surface area contributed by atoms with Gasteiger partial charge in [-0.3, -0.25) is 10.1 Å². The predicted octanol–water partition coefficient (Wildman–Crippen LogP) is 3.47. The van der Waals surface area contributed by atoms with E-state index >= 15 is 0 Å². The summed E-state index contributed by atoms with van der Waals surface area (Å²) < 4.78 is 1.61. The zero-order chi connectivity index (χ0) is 18.1. The summed E-state index contributed by atoms with van der Waals surface area (Å²) in [5.41, 5.74) is 2.07. The van der Waals surface area contributed by atoms with Crippen LogP contribution in [0.1, 0.15) is 0 Å². The zero-order valence-corrected chi connectivity index (χ0v) is 14.1. The van der Waals surface area contributed by atoms with Gasteiger partial charge in [-0.05, 0) is 24.3 Å². The van der Waals surface area contributed by atoms with Crippen molar-refractivity contribution in [1.82, 2.24) is 19.6 Å². The lowest BCUT2D eigenvalue weighted by atomic mass is 10.2. The van der Waals surface area contributed by atoms with Crippen molar-refractivity contribution in [3.63, 3.8) is 0 Å². The van der Waals surface area contributed by atoms with Crippen molar-refractivity contribution < 1.29 is 4.92 Å². The van der Waals surface area contributed by atoms with Crippen LogP contribution in [0.25, 0.3) is 27.9 Å². The number of thioether (sulfide) groups is 1. The number of non-ortho nitro benzene ring substituents is 1.